The molecule has 0 saturated carbocycles. The zero-order valence-corrected chi connectivity index (χ0v) is 21.5. The number of esters is 1. The van der Waals surface area contributed by atoms with E-state index in [0.717, 1.165) is 16.7 Å². The fraction of sp³-hybridized carbons (Fsp3) is 0.355. The maximum Gasteiger partial charge on any atom is 0.338 e. The minimum absolute atomic E-state index is 0.0832. The second-order valence-electron chi connectivity index (χ2n) is 11.2. The van der Waals surface area contributed by atoms with E-state index in [1.807, 2.05) is 36.4 Å². The molecule has 188 valence electrons. The molecule has 36 heavy (non-hydrogen) atoms. The normalized spacial score (nSPS) is 13.8. The fourth-order valence-electron chi connectivity index (χ4n) is 5.42. The van der Waals surface area contributed by atoms with E-state index < -0.39 is 11.6 Å². The van der Waals surface area contributed by atoms with Crippen molar-refractivity contribution in [2.45, 2.75) is 63.6 Å². The van der Waals surface area contributed by atoms with Gasteiger partial charge in [-0.2, -0.15) is 0 Å². The third-order valence-corrected chi connectivity index (χ3v) is 7.18. The lowest BCUT2D eigenvalue weighted by Gasteiger charge is -2.41. The molecule has 1 heterocycles. The van der Waals surface area contributed by atoms with Crippen LogP contribution in [-0.2, 0) is 22.2 Å². The maximum atomic E-state index is 13.1. The van der Waals surface area contributed by atoms with Crippen molar-refractivity contribution in [3.63, 3.8) is 0 Å². The van der Waals surface area contributed by atoms with Gasteiger partial charge in [0.05, 0.1) is 11.2 Å². The van der Waals surface area contributed by atoms with Gasteiger partial charge in [0.2, 0.25) is 0 Å². The molecule has 3 aromatic carbocycles. The van der Waals surface area contributed by atoms with Crippen molar-refractivity contribution in [1.29, 1.82) is 0 Å². The van der Waals surface area contributed by atoms with Crippen LogP contribution in [0.2, 0.25) is 0 Å². The van der Waals surface area contributed by atoms with E-state index in [0.29, 0.717) is 24.0 Å². The van der Waals surface area contributed by atoms with Gasteiger partial charge in [-0.1, -0.05) is 94.4 Å². The second kappa shape index (κ2) is 9.90. The Hall–Kier alpha value is -3.44. The molecular formula is C31H35NO4. The summed E-state index contributed by atoms with van der Waals surface area (Å²) in [5, 5.41) is 15.1. The number of benzene rings is 3. The number of hydrogen-bond donors (Lipinski definition) is 2. The van der Waals surface area contributed by atoms with Crippen LogP contribution in [0.15, 0.2) is 78.9 Å². The molecule has 0 aliphatic carbocycles. The van der Waals surface area contributed by atoms with Gasteiger partial charge in [0, 0.05) is 17.7 Å². The summed E-state index contributed by atoms with van der Waals surface area (Å²) >= 11 is 0. The highest BCUT2D eigenvalue weighted by molar-refractivity contribution is 5.99. The molecular weight excluding hydrogens is 450 g/mol. The van der Waals surface area contributed by atoms with E-state index in [2.05, 4.69) is 57.3 Å². The highest BCUT2D eigenvalue weighted by Gasteiger charge is 2.40. The lowest BCUT2D eigenvalue weighted by molar-refractivity contribution is -0.00979. The second-order valence-corrected chi connectivity index (χ2v) is 11.2. The van der Waals surface area contributed by atoms with Crippen molar-refractivity contribution in [2.75, 3.05) is 6.54 Å². The molecule has 5 heteroatoms. The Kier molecular flexibility index (Phi) is 7.05. The molecule has 1 aliphatic heterocycles. The summed E-state index contributed by atoms with van der Waals surface area (Å²) in [6.07, 6.45) is 0.911. The summed E-state index contributed by atoms with van der Waals surface area (Å²) in [7, 11) is 0. The van der Waals surface area contributed by atoms with Crippen LogP contribution < -0.4 is 5.32 Å². The monoisotopic (exact) mass is 485 g/mol. The summed E-state index contributed by atoms with van der Waals surface area (Å²) in [5.41, 5.74) is 1.99. The molecule has 0 spiro atoms. The number of nitrogens with one attached hydrogen (secondary N) is 1. The number of hydrogen-bond acceptors (Lipinski definition) is 4. The van der Waals surface area contributed by atoms with E-state index in [1.54, 1.807) is 18.2 Å². The minimum Gasteiger partial charge on any atom is -0.457 e. The first-order valence-corrected chi connectivity index (χ1v) is 12.4. The standard InChI is InChI=1S/C31H35NO4/c1-29(2,24-11-7-5-8-12-24)19-31(35,20-30(3,4)25-13-9-6-10-14-25)21-32-27(33)22-15-16-23-18-36-28(34)26(23)17-22/h5-17,35H,18-21H2,1-4H3,(H,32,33). The van der Waals surface area contributed by atoms with Gasteiger partial charge in [-0.25, -0.2) is 4.79 Å². The van der Waals surface area contributed by atoms with Crippen LogP contribution in [0.3, 0.4) is 0 Å². The minimum atomic E-state index is -1.19. The smallest absolute Gasteiger partial charge is 0.338 e. The van der Waals surface area contributed by atoms with Crippen LogP contribution in [0, 0.1) is 0 Å². The lowest BCUT2D eigenvalue weighted by Crippen LogP contribution is -2.49. The van der Waals surface area contributed by atoms with Crippen LogP contribution in [0.1, 0.15) is 77.9 Å². The zero-order valence-electron chi connectivity index (χ0n) is 21.5. The van der Waals surface area contributed by atoms with E-state index in [-0.39, 0.29) is 29.9 Å². The summed E-state index contributed by atoms with van der Waals surface area (Å²) in [6, 6.07) is 25.3. The molecule has 1 amide bonds. The summed E-state index contributed by atoms with van der Waals surface area (Å²) in [5.74, 6) is -0.740. The third-order valence-electron chi connectivity index (χ3n) is 7.18. The van der Waals surface area contributed by atoms with Gasteiger partial charge in [-0.05, 0) is 46.9 Å². The summed E-state index contributed by atoms with van der Waals surface area (Å²) in [6.45, 7) is 8.81. The van der Waals surface area contributed by atoms with E-state index in [9.17, 15) is 14.7 Å². The van der Waals surface area contributed by atoms with Crippen LogP contribution in [-0.4, -0.2) is 29.1 Å². The molecule has 0 aromatic heterocycles. The van der Waals surface area contributed by atoms with Crippen molar-refractivity contribution >= 4 is 11.9 Å². The van der Waals surface area contributed by atoms with Crippen molar-refractivity contribution in [3.05, 3.63) is 107 Å². The van der Waals surface area contributed by atoms with Crippen molar-refractivity contribution in [1.82, 2.24) is 5.32 Å². The predicted octanol–water partition coefficient (Wildman–Crippen LogP) is 5.55. The number of carbonyl (C=O) groups excluding carboxylic acids is 2. The van der Waals surface area contributed by atoms with Gasteiger partial charge >= 0.3 is 5.97 Å². The molecule has 0 saturated heterocycles. The Morgan fingerprint density at radius 2 is 1.39 bits per heavy atom. The number of amides is 1. The first kappa shape index (κ1) is 25.6. The molecule has 0 fully saturated rings. The Morgan fingerprint density at radius 1 is 0.861 bits per heavy atom. The Labute approximate surface area is 213 Å². The van der Waals surface area contributed by atoms with Crippen LogP contribution in [0.4, 0.5) is 0 Å². The predicted molar refractivity (Wildman–Crippen MR) is 141 cm³/mol. The van der Waals surface area contributed by atoms with Crippen LogP contribution in [0.25, 0.3) is 0 Å². The third kappa shape index (κ3) is 5.68. The van der Waals surface area contributed by atoms with E-state index >= 15 is 0 Å². The highest BCUT2D eigenvalue weighted by Crippen LogP contribution is 2.39. The van der Waals surface area contributed by atoms with Gasteiger partial charge in [0.15, 0.2) is 0 Å². The topological polar surface area (TPSA) is 75.6 Å². The number of ether oxygens (including phenoxy) is 1. The van der Waals surface area contributed by atoms with Crippen molar-refractivity contribution in [2.24, 2.45) is 0 Å². The van der Waals surface area contributed by atoms with Crippen molar-refractivity contribution in [3.8, 4) is 0 Å². The van der Waals surface area contributed by atoms with Crippen LogP contribution >= 0.6 is 0 Å². The average molecular weight is 486 g/mol. The number of aliphatic hydroxyl groups is 1. The molecule has 2 N–H and O–H groups in total. The number of rotatable bonds is 9. The highest BCUT2D eigenvalue weighted by atomic mass is 16.5. The first-order valence-electron chi connectivity index (χ1n) is 12.4. The zero-order chi connectivity index (χ0) is 26.0. The van der Waals surface area contributed by atoms with Gasteiger partial charge in [0.25, 0.3) is 5.91 Å². The molecule has 0 bridgehead atoms. The molecule has 4 rings (SSSR count). The molecule has 0 unspecified atom stereocenters. The Bertz CT molecular complexity index is 1180. The average Bonchev–Trinajstić information content (AvgIpc) is 3.23. The molecule has 1 aliphatic rings. The molecule has 0 atom stereocenters. The maximum absolute atomic E-state index is 13.1. The van der Waals surface area contributed by atoms with Crippen molar-refractivity contribution < 1.29 is 19.4 Å². The van der Waals surface area contributed by atoms with Crippen LogP contribution in [0.5, 0.6) is 0 Å². The molecule has 0 radical (unpaired) electrons. The largest absolute Gasteiger partial charge is 0.457 e. The van der Waals surface area contributed by atoms with Gasteiger partial charge < -0.3 is 15.2 Å². The van der Waals surface area contributed by atoms with Gasteiger partial charge in [-0.15, -0.1) is 0 Å². The number of cyclic esters (lactones) is 1. The van der Waals surface area contributed by atoms with Gasteiger partial charge in [0.1, 0.15) is 6.61 Å². The number of carbonyl (C=O) groups is 2. The molecule has 5 nitrogen and oxygen atoms in total. The fourth-order valence-corrected chi connectivity index (χ4v) is 5.42. The lowest BCUT2D eigenvalue weighted by atomic mass is 9.68. The van der Waals surface area contributed by atoms with E-state index in [4.69, 9.17) is 4.74 Å². The Balaban J connectivity index is 1.58. The number of fused-ring (bicyclic) bond motifs is 1. The Morgan fingerprint density at radius 3 is 1.92 bits per heavy atom. The first-order chi connectivity index (χ1) is 17.0. The summed E-state index contributed by atoms with van der Waals surface area (Å²) < 4.78 is 5.06. The summed E-state index contributed by atoms with van der Waals surface area (Å²) in [4.78, 5) is 25.0. The van der Waals surface area contributed by atoms with Gasteiger partial charge in [-0.3, -0.25) is 4.79 Å². The molecule has 3 aromatic rings. The quantitative estimate of drug-likeness (QED) is 0.390. The SMILES string of the molecule is CC(C)(CC(O)(CNC(=O)c1ccc2c(c1)C(=O)OC2)CC(C)(C)c1ccccc1)c1ccccc1. The van der Waals surface area contributed by atoms with E-state index in [1.165, 1.54) is 0 Å².